The van der Waals surface area contributed by atoms with Crippen molar-refractivity contribution in [1.29, 1.82) is 0 Å². The third kappa shape index (κ3) is 3.34. The van der Waals surface area contributed by atoms with Crippen molar-refractivity contribution in [2.75, 3.05) is 0 Å². The topological polar surface area (TPSA) is 25.8 Å². The summed E-state index contributed by atoms with van der Waals surface area (Å²) >= 11 is 1.69. The maximum atomic E-state index is 12.0. The van der Waals surface area contributed by atoms with Gasteiger partial charge in [0.2, 0.25) is 0 Å². The van der Waals surface area contributed by atoms with Crippen LogP contribution in [0, 0.1) is 19.7 Å². The summed E-state index contributed by atoms with van der Waals surface area (Å²) in [6.45, 7) is 3.92. The molecule has 0 bridgehead atoms. The van der Waals surface area contributed by atoms with Gasteiger partial charge >= 0.3 is 0 Å². The summed E-state index contributed by atoms with van der Waals surface area (Å²) < 4.78 is 13.3. The number of rotatable bonds is 0. The summed E-state index contributed by atoms with van der Waals surface area (Å²) in [7, 11) is 0. The van der Waals surface area contributed by atoms with Gasteiger partial charge in [0.05, 0.1) is 21.9 Å². The third-order valence-electron chi connectivity index (χ3n) is 2.36. The van der Waals surface area contributed by atoms with Crippen LogP contribution in [0.2, 0.25) is 0 Å². The minimum atomic E-state index is -0.282. The first-order valence-corrected chi connectivity index (χ1v) is 6.41. The van der Waals surface area contributed by atoms with Gasteiger partial charge in [-0.3, -0.25) is 4.98 Å². The van der Waals surface area contributed by atoms with Crippen molar-refractivity contribution < 1.29 is 4.39 Å². The Morgan fingerprint density at radius 2 is 1.89 bits per heavy atom. The lowest BCUT2D eigenvalue weighted by Crippen LogP contribution is -1.79. The molecule has 4 heteroatoms. The van der Waals surface area contributed by atoms with Crippen molar-refractivity contribution >= 4 is 21.6 Å². The molecule has 0 N–H and O–H groups in total. The molecule has 0 saturated heterocycles. The van der Waals surface area contributed by atoms with E-state index < -0.39 is 0 Å². The molecule has 1 aromatic carbocycles. The fraction of sp³-hybridized carbons (Fsp3) is 0.143. The Morgan fingerprint density at radius 3 is 2.56 bits per heavy atom. The summed E-state index contributed by atoms with van der Waals surface area (Å²) in [6.07, 6.45) is 1.20. The molecule has 0 amide bonds. The van der Waals surface area contributed by atoms with E-state index in [1.807, 2.05) is 12.4 Å². The summed E-state index contributed by atoms with van der Waals surface area (Å²) in [4.78, 5) is 7.88. The Hall–Kier alpha value is -1.81. The van der Waals surface area contributed by atoms with Gasteiger partial charge in [-0.15, -0.1) is 11.3 Å². The van der Waals surface area contributed by atoms with E-state index in [4.69, 9.17) is 0 Å². The molecule has 2 aromatic heterocycles. The molecule has 92 valence electrons. The molecule has 0 radical (unpaired) electrons. The number of hydrogen-bond donors (Lipinski definition) is 0. The minimum Gasteiger partial charge on any atom is -0.259 e. The number of halogens is 1. The number of benzene rings is 1. The molecule has 0 spiro atoms. The van der Waals surface area contributed by atoms with Gasteiger partial charge in [-0.2, -0.15) is 0 Å². The normalized spacial score (nSPS) is 9.94. The van der Waals surface area contributed by atoms with Gasteiger partial charge < -0.3 is 0 Å². The van der Waals surface area contributed by atoms with Gasteiger partial charge in [0.25, 0.3) is 0 Å². The van der Waals surface area contributed by atoms with Crippen LogP contribution in [0.5, 0.6) is 0 Å². The predicted molar refractivity (Wildman–Crippen MR) is 73.3 cm³/mol. The first-order chi connectivity index (χ1) is 8.65. The first-order valence-electron chi connectivity index (χ1n) is 5.53. The molecular formula is C14H13FN2S. The third-order valence-corrected chi connectivity index (χ3v) is 3.15. The number of hydrogen-bond acceptors (Lipinski definition) is 3. The Balaban J connectivity index is 0.000000138. The van der Waals surface area contributed by atoms with Gasteiger partial charge in [-0.1, -0.05) is 6.07 Å². The standard InChI is InChI=1S/C8H7NS.C6H6FN/c1-6-2-3-7-8(4-6)10-5-9-7;1-5-2-3-6(7)4-8-5/h2-5H,1H3;2-4H,1H3. The molecule has 3 rings (SSSR count). The Bertz CT molecular complexity index is 611. The quantitative estimate of drug-likeness (QED) is 0.607. The van der Waals surface area contributed by atoms with E-state index in [1.165, 1.54) is 22.5 Å². The van der Waals surface area contributed by atoms with Crippen molar-refractivity contribution in [2.24, 2.45) is 0 Å². The zero-order valence-corrected chi connectivity index (χ0v) is 11.0. The second-order valence-corrected chi connectivity index (χ2v) is 4.83. The number of aromatic nitrogens is 2. The van der Waals surface area contributed by atoms with Crippen LogP contribution in [-0.4, -0.2) is 9.97 Å². The van der Waals surface area contributed by atoms with E-state index >= 15 is 0 Å². The van der Waals surface area contributed by atoms with E-state index in [1.54, 1.807) is 17.4 Å². The van der Waals surface area contributed by atoms with Crippen LogP contribution >= 0.6 is 11.3 Å². The molecule has 0 aliphatic rings. The molecule has 0 fully saturated rings. The average Bonchev–Trinajstić information content (AvgIpc) is 2.81. The molecule has 0 atom stereocenters. The van der Waals surface area contributed by atoms with Gasteiger partial charge in [0, 0.05) is 5.69 Å². The Kier molecular flexibility index (Phi) is 3.99. The van der Waals surface area contributed by atoms with Crippen molar-refractivity contribution in [3.8, 4) is 0 Å². The van der Waals surface area contributed by atoms with E-state index in [-0.39, 0.29) is 5.82 Å². The van der Waals surface area contributed by atoms with Crippen molar-refractivity contribution in [2.45, 2.75) is 13.8 Å². The molecule has 0 unspecified atom stereocenters. The Morgan fingerprint density at radius 1 is 1.06 bits per heavy atom. The predicted octanol–water partition coefficient (Wildman–Crippen LogP) is 4.13. The molecule has 2 nitrogen and oxygen atoms in total. The molecule has 0 saturated carbocycles. The number of fused-ring (bicyclic) bond motifs is 1. The van der Waals surface area contributed by atoms with Crippen LogP contribution in [0.15, 0.2) is 42.0 Å². The van der Waals surface area contributed by atoms with Crippen LogP contribution in [0.25, 0.3) is 10.2 Å². The summed E-state index contributed by atoms with van der Waals surface area (Å²) in [5, 5.41) is 0. The highest BCUT2D eigenvalue weighted by molar-refractivity contribution is 7.16. The lowest BCUT2D eigenvalue weighted by atomic mass is 10.2. The van der Waals surface area contributed by atoms with Gasteiger partial charge in [0.1, 0.15) is 5.82 Å². The lowest BCUT2D eigenvalue weighted by molar-refractivity contribution is 0.620. The zero-order chi connectivity index (χ0) is 13.0. The first kappa shape index (κ1) is 12.6. The van der Waals surface area contributed by atoms with Crippen molar-refractivity contribution in [3.05, 3.63) is 59.1 Å². The summed E-state index contributed by atoms with van der Waals surface area (Å²) in [5.41, 5.74) is 5.13. The fourth-order valence-electron chi connectivity index (χ4n) is 1.41. The molecule has 0 aliphatic carbocycles. The average molecular weight is 260 g/mol. The molecular weight excluding hydrogens is 247 g/mol. The maximum absolute atomic E-state index is 12.0. The molecule has 2 heterocycles. The fourth-order valence-corrected chi connectivity index (χ4v) is 2.19. The zero-order valence-electron chi connectivity index (χ0n) is 10.2. The van der Waals surface area contributed by atoms with E-state index in [2.05, 4.69) is 35.1 Å². The molecule has 0 aliphatic heterocycles. The highest BCUT2D eigenvalue weighted by Gasteiger charge is 1.93. The number of pyridine rings is 1. The largest absolute Gasteiger partial charge is 0.259 e. The highest BCUT2D eigenvalue weighted by atomic mass is 32.1. The van der Waals surface area contributed by atoms with Crippen LogP contribution in [0.1, 0.15) is 11.3 Å². The van der Waals surface area contributed by atoms with E-state index in [0.717, 1.165) is 11.2 Å². The van der Waals surface area contributed by atoms with Crippen molar-refractivity contribution in [3.63, 3.8) is 0 Å². The SMILES string of the molecule is Cc1ccc(F)cn1.Cc1ccc2ncsc2c1. The van der Waals surface area contributed by atoms with Crippen LogP contribution < -0.4 is 0 Å². The Labute approximate surface area is 109 Å². The summed E-state index contributed by atoms with van der Waals surface area (Å²) in [6, 6.07) is 9.33. The number of aryl methyl sites for hydroxylation is 2. The van der Waals surface area contributed by atoms with Crippen LogP contribution in [0.4, 0.5) is 4.39 Å². The second kappa shape index (κ2) is 5.69. The van der Waals surface area contributed by atoms with Crippen LogP contribution in [-0.2, 0) is 0 Å². The maximum Gasteiger partial charge on any atom is 0.141 e. The molecule has 3 aromatic rings. The number of nitrogens with zero attached hydrogens (tertiary/aromatic N) is 2. The van der Waals surface area contributed by atoms with Crippen LogP contribution in [0.3, 0.4) is 0 Å². The monoisotopic (exact) mass is 260 g/mol. The highest BCUT2D eigenvalue weighted by Crippen LogP contribution is 2.18. The smallest absolute Gasteiger partial charge is 0.141 e. The molecule has 18 heavy (non-hydrogen) atoms. The summed E-state index contributed by atoms with van der Waals surface area (Å²) in [5.74, 6) is -0.282. The second-order valence-electron chi connectivity index (χ2n) is 3.94. The van der Waals surface area contributed by atoms with Gasteiger partial charge in [-0.25, -0.2) is 9.37 Å². The van der Waals surface area contributed by atoms with Crippen molar-refractivity contribution in [1.82, 2.24) is 9.97 Å². The lowest BCUT2D eigenvalue weighted by Gasteiger charge is -1.88. The van der Waals surface area contributed by atoms with E-state index in [9.17, 15) is 4.39 Å². The van der Waals surface area contributed by atoms with E-state index in [0.29, 0.717) is 0 Å². The van der Waals surface area contributed by atoms with Gasteiger partial charge in [0.15, 0.2) is 0 Å². The van der Waals surface area contributed by atoms with Gasteiger partial charge in [-0.05, 0) is 43.7 Å². The minimum absolute atomic E-state index is 0.282. The number of thiazole rings is 1.